The minimum atomic E-state index is -0.242. The SMILES string of the molecule is COCCNCc1ccc(F)c(N2CCC(O)CC2)c1. The van der Waals surface area contributed by atoms with Gasteiger partial charge in [0, 0.05) is 33.3 Å². The van der Waals surface area contributed by atoms with Crippen LogP contribution in [0.3, 0.4) is 0 Å². The monoisotopic (exact) mass is 282 g/mol. The van der Waals surface area contributed by atoms with E-state index < -0.39 is 0 Å². The highest BCUT2D eigenvalue weighted by molar-refractivity contribution is 5.50. The first-order chi connectivity index (χ1) is 9.70. The Morgan fingerprint density at radius 2 is 2.15 bits per heavy atom. The second kappa shape index (κ2) is 7.57. The number of aliphatic hydroxyl groups is 1. The van der Waals surface area contributed by atoms with Crippen LogP contribution in [-0.2, 0) is 11.3 Å². The van der Waals surface area contributed by atoms with Crippen molar-refractivity contribution in [3.05, 3.63) is 29.6 Å². The minimum Gasteiger partial charge on any atom is -0.393 e. The van der Waals surface area contributed by atoms with Crippen molar-refractivity contribution in [3.8, 4) is 0 Å². The van der Waals surface area contributed by atoms with Gasteiger partial charge in [-0.2, -0.15) is 0 Å². The van der Waals surface area contributed by atoms with E-state index in [1.165, 1.54) is 6.07 Å². The maximum Gasteiger partial charge on any atom is 0.146 e. The molecule has 0 radical (unpaired) electrons. The fraction of sp³-hybridized carbons (Fsp3) is 0.600. The van der Waals surface area contributed by atoms with Crippen LogP contribution in [0.15, 0.2) is 18.2 Å². The zero-order valence-corrected chi connectivity index (χ0v) is 11.9. The van der Waals surface area contributed by atoms with Gasteiger partial charge >= 0.3 is 0 Å². The van der Waals surface area contributed by atoms with Gasteiger partial charge < -0.3 is 20.1 Å². The summed E-state index contributed by atoms with van der Waals surface area (Å²) in [6.45, 7) is 3.56. The lowest BCUT2D eigenvalue weighted by Crippen LogP contribution is -2.36. The van der Waals surface area contributed by atoms with Crippen molar-refractivity contribution in [2.24, 2.45) is 0 Å². The minimum absolute atomic E-state index is 0.193. The summed E-state index contributed by atoms with van der Waals surface area (Å²) in [6.07, 6.45) is 1.17. The van der Waals surface area contributed by atoms with Gasteiger partial charge in [0.1, 0.15) is 5.82 Å². The van der Waals surface area contributed by atoms with Gasteiger partial charge in [-0.1, -0.05) is 6.07 Å². The molecule has 20 heavy (non-hydrogen) atoms. The Morgan fingerprint density at radius 1 is 1.40 bits per heavy atom. The van der Waals surface area contributed by atoms with E-state index in [4.69, 9.17) is 4.74 Å². The summed E-state index contributed by atoms with van der Waals surface area (Å²) >= 11 is 0. The van der Waals surface area contributed by atoms with E-state index >= 15 is 0 Å². The topological polar surface area (TPSA) is 44.7 Å². The number of piperidine rings is 1. The molecule has 0 saturated carbocycles. The highest BCUT2D eigenvalue weighted by Crippen LogP contribution is 2.24. The molecule has 2 rings (SSSR count). The van der Waals surface area contributed by atoms with Crippen molar-refractivity contribution < 1.29 is 14.2 Å². The molecule has 0 spiro atoms. The molecule has 4 nitrogen and oxygen atoms in total. The molecular weight excluding hydrogens is 259 g/mol. The molecule has 0 amide bonds. The molecular formula is C15H23FN2O2. The third-order valence-corrected chi connectivity index (χ3v) is 3.63. The van der Waals surface area contributed by atoms with Crippen LogP contribution in [0.1, 0.15) is 18.4 Å². The third-order valence-electron chi connectivity index (χ3n) is 3.63. The Morgan fingerprint density at radius 3 is 2.85 bits per heavy atom. The number of methoxy groups -OCH3 is 1. The lowest BCUT2D eigenvalue weighted by molar-refractivity contribution is 0.145. The molecule has 0 bridgehead atoms. The number of nitrogens with one attached hydrogen (secondary N) is 1. The Balaban J connectivity index is 1.97. The summed E-state index contributed by atoms with van der Waals surface area (Å²) in [4.78, 5) is 2.01. The van der Waals surface area contributed by atoms with E-state index in [0.717, 1.165) is 12.1 Å². The fourth-order valence-corrected chi connectivity index (χ4v) is 2.42. The molecule has 0 unspecified atom stereocenters. The van der Waals surface area contributed by atoms with E-state index in [0.29, 0.717) is 44.8 Å². The Bertz CT molecular complexity index is 420. The third kappa shape index (κ3) is 4.16. The van der Waals surface area contributed by atoms with Crippen molar-refractivity contribution >= 4 is 5.69 Å². The van der Waals surface area contributed by atoms with Crippen molar-refractivity contribution in [2.75, 3.05) is 38.3 Å². The average molecular weight is 282 g/mol. The maximum atomic E-state index is 13.9. The van der Waals surface area contributed by atoms with Crippen molar-refractivity contribution in [3.63, 3.8) is 0 Å². The van der Waals surface area contributed by atoms with E-state index in [1.54, 1.807) is 13.2 Å². The lowest BCUT2D eigenvalue weighted by Gasteiger charge is -2.32. The first-order valence-electron chi connectivity index (χ1n) is 7.12. The highest BCUT2D eigenvalue weighted by atomic mass is 19.1. The average Bonchev–Trinajstić information content (AvgIpc) is 2.46. The molecule has 0 aliphatic carbocycles. The van der Waals surface area contributed by atoms with E-state index in [-0.39, 0.29) is 11.9 Å². The van der Waals surface area contributed by atoms with Gasteiger partial charge in [0.15, 0.2) is 0 Å². The van der Waals surface area contributed by atoms with Crippen LogP contribution < -0.4 is 10.2 Å². The zero-order chi connectivity index (χ0) is 14.4. The number of rotatable bonds is 6. The fourth-order valence-electron chi connectivity index (χ4n) is 2.42. The molecule has 1 heterocycles. The van der Waals surface area contributed by atoms with E-state index in [9.17, 15) is 9.50 Å². The summed E-state index contributed by atoms with van der Waals surface area (Å²) in [5.74, 6) is -0.193. The van der Waals surface area contributed by atoms with Crippen LogP contribution in [-0.4, -0.2) is 44.6 Å². The van der Waals surface area contributed by atoms with Crippen LogP contribution in [0.25, 0.3) is 0 Å². The normalized spacial score (nSPS) is 16.6. The summed E-state index contributed by atoms with van der Waals surface area (Å²) in [5.41, 5.74) is 1.70. The number of ether oxygens (including phenoxy) is 1. The number of anilines is 1. The van der Waals surface area contributed by atoms with Crippen LogP contribution in [0.4, 0.5) is 10.1 Å². The lowest BCUT2D eigenvalue weighted by atomic mass is 10.1. The van der Waals surface area contributed by atoms with Gasteiger partial charge in [0.05, 0.1) is 18.4 Å². The second-order valence-electron chi connectivity index (χ2n) is 5.17. The molecule has 1 aromatic rings. The predicted molar refractivity (Wildman–Crippen MR) is 77.4 cm³/mol. The Hall–Kier alpha value is -1.17. The van der Waals surface area contributed by atoms with Crippen molar-refractivity contribution in [2.45, 2.75) is 25.5 Å². The first-order valence-corrected chi connectivity index (χ1v) is 7.12. The molecule has 0 atom stereocenters. The number of halogens is 1. The van der Waals surface area contributed by atoms with Crippen LogP contribution >= 0.6 is 0 Å². The van der Waals surface area contributed by atoms with Gasteiger partial charge in [0.25, 0.3) is 0 Å². The van der Waals surface area contributed by atoms with Gasteiger partial charge in [0.2, 0.25) is 0 Å². The highest BCUT2D eigenvalue weighted by Gasteiger charge is 2.19. The Kier molecular flexibility index (Phi) is 5.76. The first kappa shape index (κ1) is 15.2. The number of hydrogen-bond donors (Lipinski definition) is 2. The van der Waals surface area contributed by atoms with Gasteiger partial charge in [-0.3, -0.25) is 0 Å². The molecule has 1 saturated heterocycles. The van der Waals surface area contributed by atoms with E-state index in [2.05, 4.69) is 5.32 Å². The van der Waals surface area contributed by atoms with Crippen molar-refractivity contribution in [1.29, 1.82) is 0 Å². The molecule has 1 aliphatic heterocycles. The molecule has 5 heteroatoms. The summed E-state index contributed by atoms with van der Waals surface area (Å²) in [6, 6.07) is 5.22. The molecule has 1 fully saturated rings. The quantitative estimate of drug-likeness (QED) is 0.777. The zero-order valence-electron chi connectivity index (χ0n) is 11.9. The summed E-state index contributed by atoms with van der Waals surface area (Å²) in [5, 5.41) is 12.8. The van der Waals surface area contributed by atoms with Crippen LogP contribution in [0.5, 0.6) is 0 Å². The molecule has 1 aromatic carbocycles. The molecule has 1 aliphatic rings. The van der Waals surface area contributed by atoms with Gasteiger partial charge in [-0.05, 0) is 30.5 Å². The number of aliphatic hydroxyl groups excluding tert-OH is 1. The van der Waals surface area contributed by atoms with Crippen LogP contribution in [0, 0.1) is 5.82 Å². The number of nitrogens with zero attached hydrogens (tertiary/aromatic N) is 1. The van der Waals surface area contributed by atoms with Gasteiger partial charge in [-0.15, -0.1) is 0 Å². The summed E-state index contributed by atoms with van der Waals surface area (Å²) in [7, 11) is 1.67. The van der Waals surface area contributed by atoms with E-state index in [1.807, 2.05) is 11.0 Å². The smallest absolute Gasteiger partial charge is 0.146 e. The number of hydrogen-bond acceptors (Lipinski definition) is 4. The van der Waals surface area contributed by atoms with Crippen molar-refractivity contribution in [1.82, 2.24) is 5.32 Å². The van der Waals surface area contributed by atoms with Gasteiger partial charge in [-0.25, -0.2) is 4.39 Å². The maximum absolute atomic E-state index is 13.9. The second-order valence-corrected chi connectivity index (χ2v) is 5.17. The number of benzene rings is 1. The molecule has 2 N–H and O–H groups in total. The standard InChI is InChI=1S/C15H23FN2O2/c1-20-9-6-17-11-12-2-3-14(16)15(10-12)18-7-4-13(19)5-8-18/h2-3,10,13,17,19H,4-9,11H2,1H3. The largest absolute Gasteiger partial charge is 0.393 e. The molecule has 112 valence electrons. The summed E-state index contributed by atoms with van der Waals surface area (Å²) < 4.78 is 18.9. The van der Waals surface area contributed by atoms with Crippen LogP contribution in [0.2, 0.25) is 0 Å². The predicted octanol–water partition coefficient (Wildman–Crippen LogP) is 1.52. The molecule has 0 aromatic heterocycles. The Labute approximate surface area is 119 Å².